The average molecular weight is 346 g/mol. The lowest BCUT2D eigenvalue weighted by Crippen LogP contribution is -2.43. The minimum absolute atomic E-state index is 0.336. The summed E-state index contributed by atoms with van der Waals surface area (Å²) in [6, 6.07) is 13.2. The minimum Gasteiger partial charge on any atom is -0.397 e. The highest BCUT2D eigenvalue weighted by Crippen LogP contribution is 2.22. The normalized spacial score (nSPS) is 16.2. The Balaban J connectivity index is 1.56. The summed E-state index contributed by atoms with van der Waals surface area (Å²) in [4.78, 5) is 6.40. The van der Waals surface area contributed by atoms with Gasteiger partial charge in [-0.3, -0.25) is 0 Å². The summed E-state index contributed by atoms with van der Waals surface area (Å²) < 4.78 is 27.7. The first kappa shape index (κ1) is 16.7. The van der Waals surface area contributed by atoms with Gasteiger partial charge in [0.25, 0.3) is 0 Å². The van der Waals surface area contributed by atoms with Crippen molar-refractivity contribution in [3.63, 3.8) is 0 Å². The molecule has 1 saturated heterocycles. The third-order valence-corrected chi connectivity index (χ3v) is 6.19. The van der Waals surface area contributed by atoms with E-state index in [1.807, 2.05) is 42.5 Å². The largest absolute Gasteiger partial charge is 0.397 e. The van der Waals surface area contributed by atoms with E-state index in [9.17, 15) is 8.42 Å². The van der Waals surface area contributed by atoms with E-state index in [2.05, 4.69) is 14.6 Å². The topological polar surface area (TPSA) is 88.3 Å². The zero-order valence-electron chi connectivity index (χ0n) is 13.4. The maximum atomic E-state index is 12.5. The summed E-state index contributed by atoms with van der Waals surface area (Å²) in [6.45, 7) is 1.69. The number of hydrogen-bond acceptors (Lipinski definition) is 5. The number of anilines is 2. The molecule has 0 aliphatic carbocycles. The number of nitrogens with one attached hydrogen (secondary N) is 1. The number of nitrogens with two attached hydrogens (primary N) is 1. The first-order valence-electron chi connectivity index (χ1n) is 8.03. The van der Waals surface area contributed by atoms with Gasteiger partial charge in [-0.05, 0) is 30.5 Å². The fourth-order valence-electron chi connectivity index (χ4n) is 2.88. The summed E-state index contributed by atoms with van der Waals surface area (Å²) in [6.07, 6.45) is 2.81. The SMILES string of the molecule is Nc1ccc(N2CCC(S(=O)(=O)NCc3ccccc3)CC2)nc1. The van der Waals surface area contributed by atoms with E-state index in [0.717, 1.165) is 11.4 Å². The molecule has 128 valence electrons. The van der Waals surface area contributed by atoms with E-state index in [1.54, 1.807) is 6.20 Å². The molecule has 1 aliphatic heterocycles. The summed E-state index contributed by atoms with van der Waals surface area (Å²) >= 11 is 0. The van der Waals surface area contributed by atoms with Crippen LogP contribution in [0.1, 0.15) is 18.4 Å². The van der Waals surface area contributed by atoms with Crippen LogP contribution < -0.4 is 15.4 Å². The molecule has 0 amide bonds. The molecule has 0 spiro atoms. The molecule has 0 saturated carbocycles. The number of nitrogen functional groups attached to an aromatic ring is 1. The summed E-state index contributed by atoms with van der Waals surface area (Å²) in [7, 11) is -3.31. The highest BCUT2D eigenvalue weighted by molar-refractivity contribution is 7.90. The van der Waals surface area contributed by atoms with Crippen LogP contribution in [0.3, 0.4) is 0 Å². The average Bonchev–Trinajstić information content (AvgIpc) is 2.62. The van der Waals surface area contributed by atoms with Gasteiger partial charge in [-0.25, -0.2) is 18.1 Å². The monoisotopic (exact) mass is 346 g/mol. The van der Waals surface area contributed by atoms with Gasteiger partial charge in [0.15, 0.2) is 0 Å². The quantitative estimate of drug-likeness (QED) is 0.861. The van der Waals surface area contributed by atoms with Gasteiger partial charge in [0, 0.05) is 19.6 Å². The van der Waals surface area contributed by atoms with E-state index >= 15 is 0 Å². The summed E-state index contributed by atoms with van der Waals surface area (Å²) in [5.74, 6) is 0.845. The van der Waals surface area contributed by atoms with Crippen LogP contribution in [-0.2, 0) is 16.6 Å². The Morgan fingerprint density at radius 1 is 1.12 bits per heavy atom. The lowest BCUT2D eigenvalue weighted by atomic mass is 10.1. The minimum atomic E-state index is -3.31. The van der Waals surface area contributed by atoms with Gasteiger partial charge < -0.3 is 10.6 Å². The van der Waals surface area contributed by atoms with Crippen LogP contribution in [-0.4, -0.2) is 31.7 Å². The van der Waals surface area contributed by atoms with E-state index in [-0.39, 0.29) is 5.25 Å². The van der Waals surface area contributed by atoms with E-state index < -0.39 is 10.0 Å². The third kappa shape index (κ3) is 4.04. The molecule has 0 unspecified atom stereocenters. The first-order valence-corrected chi connectivity index (χ1v) is 9.58. The third-order valence-electron chi connectivity index (χ3n) is 4.30. The molecule has 1 aromatic heterocycles. The van der Waals surface area contributed by atoms with Crippen molar-refractivity contribution in [2.45, 2.75) is 24.6 Å². The lowest BCUT2D eigenvalue weighted by molar-refractivity contribution is 0.518. The number of piperidine rings is 1. The van der Waals surface area contributed by atoms with Crippen molar-refractivity contribution < 1.29 is 8.42 Å². The molecule has 1 aliphatic rings. The first-order chi connectivity index (χ1) is 11.5. The van der Waals surface area contributed by atoms with Gasteiger partial charge in [-0.1, -0.05) is 30.3 Å². The summed E-state index contributed by atoms with van der Waals surface area (Å²) in [5.41, 5.74) is 7.24. The summed E-state index contributed by atoms with van der Waals surface area (Å²) in [5, 5.41) is -0.355. The number of sulfonamides is 1. The standard InChI is InChI=1S/C17H22N4O2S/c18-15-6-7-17(19-13-15)21-10-8-16(9-11-21)24(22,23)20-12-14-4-2-1-3-5-14/h1-7,13,16,20H,8-12,18H2. The Hall–Kier alpha value is -2.12. The fraction of sp³-hybridized carbons (Fsp3) is 0.353. The molecule has 0 atom stereocenters. The second-order valence-electron chi connectivity index (χ2n) is 5.99. The maximum absolute atomic E-state index is 12.5. The van der Waals surface area contributed by atoms with Gasteiger partial charge in [0.1, 0.15) is 5.82 Å². The van der Waals surface area contributed by atoms with Crippen molar-refractivity contribution in [1.82, 2.24) is 9.71 Å². The molecule has 7 heteroatoms. The molecular formula is C17H22N4O2S. The Labute approximate surface area is 142 Å². The molecule has 3 rings (SSSR count). The number of hydrogen-bond donors (Lipinski definition) is 2. The van der Waals surface area contributed by atoms with Gasteiger partial charge in [-0.2, -0.15) is 0 Å². The number of rotatable bonds is 5. The smallest absolute Gasteiger partial charge is 0.214 e. The maximum Gasteiger partial charge on any atom is 0.214 e. The van der Waals surface area contributed by atoms with Crippen LogP contribution in [0.2, 0.25) is 0 Å². The Bertz CT molecular complexity index is 755. The fourth-order valence-corrected chi connectivity index (χ4v) is 4.31. The number of aromatic nitrogens is 1. The van der Waals surface area contributed by atoms with Crippen LogP contribution in [0.5, 0.6) is 0 Å². The predicted molar refractivity (Wildman–Crippen MR) is 96.1 cm³/mol. The second kappa shape index (κ2) is 7.19. The molecular weight excluding hydrogens is 324 g/mol. The van der Waals surface area contributed by atoms with Gasteiger partial charge in [0.05, 0.1) is 17.1 Å². The highest BCUT2D eigenvalue weighted by Gasteiger charge is 2.30. The molecule has 2 aromatic rings. The Kier molecular flexibility index (Phi) is 5.01. The van der Waals surface area contributed by atoms with Crippen molar-refractivity contribution in [2.24, 2.45) is 0 Å². The van der Waals surface area contributed by atoms with Crippen LogP contribution in [0.15, 0.2) is 48.7 Å². The number of benzene rings is 1. The van der Waals surface area contributed by atoms with Gasteiger partial charge >= 0.3 is 0 Å². The molecule has 1 fully saturated rings. The molecule has 6 nitrogen and oxygen atoms in total. The van der Waals surface area contributed by atoms with Gasteiger partial charge in [0.2, 0.25) is 10.0 Å². The second-order valence-corrected chi connectivity index (χ2v) is 8.03. The number of nitrogens with zero attached hydrogens (tertiary/aromatic N) is 2. The predicted octanol–water partition coefficient (Wildman–Crippen LogP) is 1.75. The molecule has 1 aromatic carbocycles. The zero-order chi connectivity index (χ0) is 17.0. The molecule has 3 N–H and O–H groups in total. The number of pyridine rings is 1. The van der Waals surface area contributed by atoms with Crippen molar-refractivity contribution in [3.05, 3.63) is 54.2 Å². The van der Waals surface area contributed by atoms with Crippen LogP contribution in [0, 0.1) is 0 Å². The Morgan fingerprint density at radius 2 is 1.83 bits per heavy atom. The molecule has 24 heavy (non-hydrogen) atoms. The van der Waals surface area contributed by atoms with Crippen molar-refractivity contribution in [2.75, 3.05) is 23.7 Å². The lowest BCUT2D eigenvalue weighted by Gasteiger charge is -2.32. The van der Waals surface area contributed by atoms with E-state index in [0.29, 0.717) is 38.2 Å². The van der Waals surface area contributed by atoms with Crippen LogP contribution in [0.4, 0.5) is 11.5 Å². The van der Waals surface area contributed by atoms with Crippen molar-refractivity contribution >= 4 is 21.5 Å². The van der Waals surface area contributed by atoms with Gasteiger partial charge in [-0.15, -0.1) is 0 Å². The van der Waals surface area contributed by atoms with E-state index in [4.69, 9.17) is 5.73 Å². The van der Waals surface area contributed by atoms with Crippen LogP contribution in [0.25, 0.3) is 0 Å². The van der Waals surface area contributed by atoms with Crippen LogP contribution >= 0.6 is 0 Å². The molecule has 2 heterocycles. The zero-order valence-corrected chi connectivity index (χ0v) is 14.2. The highest BCUT2D eigenvalue weighted by atomic mass is 32.2. The van der Waals surface area contributed by atoms with Crippen molar-refractivity contribution in [3.8, 4) is 0 Å². The molecule has 0 radical (unpaired) electrons. The Morgan fingerprint density at radius 3 is 2.46 bits per heavy atom. The molecule has 0 bridgehead atoms. The van der Waals surface area contributed by atoms with Crippen molar-refractivity contribution in [1.29, 1.82) is 0 Å². The van der Waals surface area contributed by atoms with E-state index in [1.165, 1.54) is 0 Å².